The highest BCUT2D eigenvalue weighted by atomic mass is 16.5. The van der Waals surface area contributed by atoms with Gasteiger partial charge in [0.2, 0.25) is 5.95 Å². The van der Waals surface area contributed by atoms with E-state index < -0.39 is 0 Å². The average molecular weight is 377 g/mol. The maximum Gasteiger partial charge on any atom is 0.306 e. The standard InChI is InChI=1S/C21H23N5O2/c1-3-4-15-26-17-18(22-20(26)25-13-9-6-10-14-25)23-21(24(2)19(17)27)28-16-11-7-5-8-12-16/h5,7-8,11-12H,6,9-10,13-15H2,1-2H3. The van der Waals surface area contributed by atoms with E-state index in [-0.39, 0.29) is 11.6 Å². The second kappa shape index (κ2) is 7.77. The molecule has 1 aromatic carbocycles. The predicted molar refractivity (Wildman–Crippen MR) is 109 cm³/mol. The van der Waals surface area contributed by atoms with Crippen LogP contribution in [-0.4, -0.2) is 32.2 Å². The van der Waals surface area contributed by atoms with E-state index in [1.54, 1.807) is 14.0 Å². The summed E-state index contributed by atoms with van der Waals surface area (Å²) < 4.78 is 9.15. The van der Waals surface area contributed by atoms with E-state index in [0.717, 1.165) is 31.9 Å². The Hall–Kier alpha value is -3.27. The van der Waals surface area contributed by atoms with Gasteiger partial charge in [-0.2, -0.15) is 9.97 Å². The van der Waals surface area contributed by atoms with Crippen molar-refractivity contribution in [3.8, 4) is 23.6 Å². The van der Waals surface area contributed by atoms with Crippen LogP contribution < -0.4 is 15.2 Å². The highest BCUT2D eigenvalue weighted by Crippen LogP contribution is 2.25. The van der Waals surface area contributed by atoms with Crippen molar-refractivity contribution in [3.05, 3.63) is 40.7 Å². The van der Waals surface area contributed by atoms with Crippen LogP contribution in [0.5, 0.6) is 11.8 Å². The topological polar surface area (TPSA) is 65.2 Å². The van der Waals surface area contributed by atoms with E-state index in [0.29, 0.717) is 23.5 Å². The first kappa shape index (κ1) is 18.1. The van der Waals surface area contributed by atoms with Gasteiger partial charge in [0.1, 0.15) is 5.75 Å². The Morgan fingerprint density at radius 2 is 1.86 bits per heavy atom. The summed E-state index contributed by atoms with van der Waals surface area (Å²) in [6.07, 6.45) is 3.47. The molecule has 4 rings (SSSR count). The number of hydrogen-bond donors (Lipinski definition) is 0. The predicted octanol–water partition coefficient (Wildman–Crippen LogP) is 2.94. The smallest absolute Gasteiger partial charge is 0.306 e. The van der Waals surface area contributed by atoms with Crippen molar-refractivity contribution in [3.63, 3.8) is 0 Å². The van der Waals surface area contributed by atoms with Crippen molar-refractivity contribution < 1.29 is 4.74 Å². The summed E-state index contributed by atoms with van der Waals surface area (Å²) in [5, 5.41) is 0. The molecule has 0 unspecified atom stereocenters. The van der Waals surface area contributed by atoms with Crippen LogP contribution in [0.25, 0.3) is 11.2 Å². The van der Waals surface area contributed by atoms with E-state index >= 15 is 0 Å². The Morgan fingerprint density at radius 1 is 1.11 bits per heavy atom. The highest BCUT2D eigenvalue weighted by Gasteiger charge is 2.23. The number of hydrogen-bond acceptors (Lipinski definition) is 5. The molecule has 0 spiro atoms. The van der Waals surface area contributed by atoms with Crippen LogP contribution >= 0.6 is 0 Å². The van der Waals surface area contributed by atoms with Gasteiger partial charge >= 0.3 is 6.01 Å². The van der Waals surface area contributed by atoms with Crippen molar-refractivity contribution >= 4 is 17.1 Å². The van der Waals surface area contributed by atoms with Gasteiger partial charge in [-0.3, -0.25) is 13.9 Å². The summed E-state index contributed by atoms with van der Waals surface area (Å²) in [7, 11) is 1.66. The molecule has 0 bridgehead atoms. The van der Waals surface area contributed by atoms with E-state index in [9.17, 15) is 4.79 Å². The maximum atomic E-state index is 13.1. The minimum atomic E-state index is -0.190. The maximum absolute atomic E-state index is 13.1. The molecule has 0 aliphatic carbocycles. The van der Waals surface area contributed by atoms with Gasteiger partial charge < -0.3 is 9.64 Å². The Kier molecular flexibility index (Phi) is 5.02. The molecule has 0 radical (unpaired) electrons. The van der Waals surface area contributed by atoms with Gasteiger partial charge in [-0.25, -0.2) is 0 Å². The Bertz CT molecular complexity index is 1100. The van der Waals surface area contributed by atoms with Gasteiger partial charge in [0.25, 0.3) is 5.56 Å². The van der Waals surface area contributed by atoms with E-state index in [1.165, 1.54) is 11.0 Å². The molecule has 144 valence electrons. The van der Waals surface area contributed by atoms with Crippen molar-refractivity contribution in [2.45, 2.75) is 32.7 Å². The first-order chi connectivity index (χ1) is 13.7. The number of aromatic nitrogens is 4. The Balaban J connectivity index is 1.85. The van der Waals surface area contributed by atoms with Crippen molar-refractivity contribution in [2.75, 3.05) is 18.0 Å². The molecule has 1 saturated heterocycles. The summed E-state index contributed by atoms with van der Waals surface area (Å²) in [4.78, 5) is 24.6. The molecule has 3 aromatic rings. The van der Waals surface area contributed by atoms with Crippen LogP contribution in [0.15, 0.2) is 35.1 Å². The van der Waals surface area contributed by atoms with Gasteiger partial charge in [-0.1, -0.05) is 24.1 Å². The third-order valence-electron chi connectivity index (χ3n) is 4.93. The third-order valence-corrected chi connectivity index (χ3v) is 4.93. The molecule has 0 N–H and O–H groups in total. The summed E-state index contributed by atoms with van der Waals surface area (Å²) >= 11 is 0. The average Bonchev–Trinajstić information content (AvgIpc) is 3.10. The Morgan fingerprint density at radius 3 is 2.57 bits per heavy atom. The zero-order chi connectivity index (χ0) is 19.5. The molecule has 1 fully saturated rings. The molecule has 7 nitrogen and oxygen atoms in total. The molecule has 3 heterocycles. The van der Waals surface area contributed by atoms with Crippen LogP contribution in [-0.2, 0) is 13.6 Å². The number of benzene rings is 1. The van der Waals surface area contributed by atoms with Gasteiger partial charge in [0, 0.05) is 20.1 Å². The lowest BCUT2D eigenvalue weighted by molar-refractivity contribution is 0.415. The Labute approximate surface area is 163 Å². The lowest BCUT2D eigenvalue weighted by atomic mass is 10.1. The molecule has 0 atom stereocenters. The quantitative estimate of drug-likeness (QED) is 0.654. The zero-order valence-corrected chi connectivity index (χ0v) is 16.2. The van der Waals surface area contributed by atoms with Crippen molar-refractivity contribution in [1.29, 1.82) is 0 Å². The van der Waals surface area contributed by atoms with Gasteiger partial charge in [0.05, 0.1) is 6.54 Å². The third kappa shape index (κ3) is 3.33. The summed E-state index contributed by atoms with van der Waals surface area (Å²) in [5.41, 5.74) is 0.670. The zero-order valence-electron chi connectivity index (χ0n) is 16.2. The number of para-hydroxylation sites is 1. The molecule has 2 aromatic heterocycles. The number of rotatable bonds is 4. The van der Waals surface area contributed by atoms with Crippen LogP contribution in [0.2, 0.25) is 0 Å². The first-order valence-electron chi connectivity index (χ1n) is 9.53. The van der Waals surface area contributed by atoms with Gasteiger partial charge in [-0.05, 0) is 38.3 Å². The second-order valence-electron chi connectivity index (χ2n) is 6.82. The lowest BCUT2D eigenvalue weighted by Gasteiger charge is -2.27. The summed E-state index contributed by atoms with van der Waals surface area (Å²) in [5.74, 6) is 7.36. The number of anilines is 1. The lowest BCUT2D eigenvalue weighted by Crippen LogP contribution is -2.32. The van der Waals surface area contributed by atoms with E-state index in [2.05, 4.69) is 21.7 Å². The van der Waals surface area contributed by atoms with Gasteiger partial charge in [0.15, 0.2) is 11.2 Å². The van der Waals surface area contributed by atoms with Crippen molar-refractivity contribution in [1.82, 2.24) is 19.1 Å². The second-order valence-corrected chi connectivity index (χ2v) is 6.82. The fourth-order valence-electron chi connectivity index (χ4n) is 3.46. The van der Waals surface area contributed by atoms with Crippen molar-refractivity contribution in [2.24, 2.45) is 7.05 Å². The van der Waals surface area contributed by atoms with Crippen LogP contribution in [0, 0.1) is 11.8 Å². The molecular formula is C21H23N5O2. The normalized spacial score (nSPS) is 14.0. The van der Waals surface area contributed by atoms with E-state index in [4.69, 9.17) is 9.72 Å². The van der Waals surface area contributed by atoms with Crippen LogP contribution in [0.4, 0.5) is 5.95 Å². The number of fused-ring (bicyclic) bond motifs is 1. The fourth-order valence-corrected chi connectivity index (χ4v) is 3.46. The largest absolute Gasteiger partial charge is 0.425 e. The molecular weight excluding hydrogens is 354 g/mol. The minimum absolute atomic E-state index is 0.190. The number of imidazole rings is 1. The fraction of sp³-hybridized carbons (Fsp3) is 0.381. The molecule has 28 heavy (non-hydrogen) atoms. The van der Waals surface area contributed by atoms with E-state index in [1.807, 2.05) is 34.9 Å². The van der Waals surface area contributed by atoms with Crippen LogP contribution in [0.3, 0.4) is 0 Å². The number of nitrogens with zero attached hydrogens (tertiary/aromatic N) is 5. The monoisotopic (exact) mass is 377 g/mol. The molecule has 1 aliphatic rings. The minimum Gasteiger partial charge on any atom is -0.425 e. The van der Waals surface area contributed by atoms with Gasteiger partial charge in [-0.15, -0.1) is 5.92 Å². The SMILES string of the molecule is CC#CCn1c(N2CCCCC2)nc2nc(Oc3ccccc3)n(C)c(=O)c21. The highest BCUT2D eigenvalue weighted by molar-refractivity contribution is 5.74. The first-order valence-corrected chi connectivity index (χ1v) is 9.53. The molecule has 0 saturated carbocycles. The molecule has 1 aliphatic heterocycles. The summed E-state index contributed by atoms with van der Waals surface area (Å²) in [6, 6.07) is 9.52. The van der Waals surface area contributed by atoms with Crippen LogP contribution in [0.1, 0.15) is 26.2 Å². The number of ether oxygens (including phenoxy) is 1. The number of piperidine rings is 1. The molecule has 0 amide bonds. The summed E-state index contributed by atoms with van der Waals surface area (Å²) in [6.45, 7) is 4.06. The molecule has 7 heteroatoms.